The van der Waals surface area contributed by atoms with Crippen molar-refractivity contribution in [3.05, 3.63) is 24.3 Å². The maximum atomic E-state index is 12.7. The lowest BCUT2D eigenvalue weighted by atomic mass is 10.1. The molecule has 0 spiro atoms. The zero-order valence-corrected chi connectivity index (χ0v) is 14.4. The van der Waals surface area contributed by atoms with Gasteiger partial charge >= 0.3 is 0 Å². The van der Waals surface area contributed by atoms with E-state index in [2.05, 4.69) is 11.8 Å². The van der Waals surface area contributed by atoms with Gasteiger partial charge in [0.25, 0.3) is 0 Å². The minimum atomic E-state index is -0.0406. The predicted octanol–water partition coefficient (Wildman–Crippen LogP) is 1.40. The highest BCUT2D eigenvalue weighted by Gasteiger charge is 2.37. The number of hydrogen-bond donors (Lipinski definition) is 0. The van der Waals surface area contributed by atoms with Crippen LogP contribution in [0.1, 0.15) is 13.3 Å². The van der Waals surface area contributed by atoms with Gasteiger partial charge in [-0.25, -0.2) is 0 Å². The highest BCUT2D eigenvalue weighted by Crippen LogP contribution is 2.29. The lowest BCUT2D eigenvalue weighted by Gasteiger charge is -2.43. The van der Waals surface area contributed by atoms with E-state index in [9.17, 15) is 4.79 Å². The summed E-state index contributed by atoms with van der Waals surface area (Å²) in [6.07, 6.45) is 0.861. The lowest BCUT2D eigenvalue weighted by molar-refractivity contribution is -0.147. The van der Waals surface area contributed by atoms with Gasteiger partial charge in [-0.15, -0.1) is 0 Å². The van der Waals surface area contributed by atoms with Gasteiger partial charge in [-0.2, -0.15) is 0 Å². The molecule has 6 heteroatoms. The fourth-order valence-electron chi connectivity index (χ4n) is 3.28. The number of morpholine rings is 1. The van der Waals surface area contributed by atoms with Crippen LogP contribution in [-0.4, -0.2) is 74.4 Å². The molecule has 1 atom stereocenters. The standard InChI is InChI=1S/C18H26N2O4/c1-3-15(19-8-10-23-11-9-19)18(21)20-12-14(13-20)24-17-7-5-4-6-16(17)22-2/h4-7,14-15H,3,8-13H2,1-2H3. The third kappa shape index (κ3) is 3.65. The first kappa shape index (κ1) is 17.0. The van der Waals surface area contributed by atoms with Crippen molar-refractivity contribution in [1.82, 2.24) is 9.80 Å². The zero-order valence-electron chi connectivity index (χ0n) is 14.4. The average molecular weight is 334 g/mol. The second-order valence-electron chi connectivity index (χ2n) is 6.21. The number of carbonyl (C=O) groups is 1. The molecular formula is C18H26N2O4. The van der Waals surface area contributed by atoms with Gasteiger partial charge in [0.2, 0.25) is 5.91 Å². The zero-order chi connectivity index (χ0) is 16.9. The molecule has 1 aromatic carbocycles. The first-order chi connectivity index (χ1) is 11.7. The van der Waals surface area contributed by atoms with Crippen LogP contribution in [0.15, 0.2) is 24.3 Å². The summed E-state index contributed by atoms with van der Waals surface area (Å²) in [7, 11) is 1.63. The third-order valence-electron chi connectivity index (χ3n) is 4.68. The van der Waals surface area contributed by atoms with Gasteiger partial charge in [0.05, 0.1) is 39.5 Å². The first-order valence-electron chi connectivity index (χ1n) is 8.63. The minimum absolute atomic E-state index is 0.0347. The van der Waals surface area contributed by atoms with E-state index in [1.807, 2.05) is 29.2 Å². The van der Waals surface area contributed by atoms with E-state index in [-0.39, 0.29) is 18.1 Å². The van der Waals surface area contributed by atoms with E-state index < -0.39 is 0 Å². The fraction of sp³-hybridized carbons (Fsp3) is 0.611. The van der Waals surface area contributed by atoms with Crippen LogP contribution in [-0.2, 0) is 9.53 Å². The van der Waals surface area contributed by atoms with Crippen LogP contribution in [0.5, 0.6) is 11.5 Å². The molecule has 1 aromatic rings. The van der Waals surface area contributed by atoms with Gasteiger partial charge in [-0.05, 0) is 18.6 Å². The Bertz CT molecular complexity index is 554. The molecule has 2 aliphatic heterocycles. The maximum absolute atomic E-state index is 12.7. The number of rotatable bonds is 6. The Balaban J connectivity index is 1.52. The quantitative estimate of drug-likeness (QED) is 0.787. The Morgan fingerprint density at radius 2 is 1.92 bits per heavy atom. The van der Waals surface area contributed by atoms with E-state index in [0.29, 0.717) is 26.3 Å². The van der Waals surface area contributed by atoms with E-state index in [1.54, 1.807) is 7.11 Å². The van der Waals surface area contributed by atoms with E-state index in [4.69, 9.17) is 14.2 Å². The van der Waals surface area contributed by atoms with Crippen molar-refractivity contribution in [3.63, 3.8) is 0 Å². The molecule has 3 rings (SSSR count). The molecule has 2 heterocycles. The molecule has 0 N–H and O–H groups in total. The van der Waals surface area contributed by atoms with Gasteiger partial charge in [0.1, 0.15) is 6.10 Å². The van der Waals surface area contributed by atoms with Crippen LogP contribution in [0.3, 0.4) is 0 Å². The SMILES string of the molecule is CCC(C(=O)N1CC(Oc2ccccc2OC)C1)N1CCOCC1. The lowest BCUT2D eigenvalue weighted by Crippen LogP contribution is -2.61. The number of amides is 1. The van der Waals surface area contributed by atoms with Gasteiger partial charge < -0.3 is 19.1 Å². The summed E-state index contributed by atoms with van der Waals surface area (Å²) in [4.78, 5) is 16.9. The predicted molar refractivity (Wildman–Crippen MR) is 90.5 cm³/mol. The minimum Gasteiger partial charge on any atom is -0.493 e. The molecule has 2 fully saturated rings. The largest absolute Gasteiger partial charge is 0.493 e. The molecule has 0 radical (unpaired) electrons. The summed E-state index contributed by atoms with van der Waals surface area (Å²) in [5.74, 6) is 1.67. The van der Waals surface area contributed by atoms with Crippen molar-refractivity contribution >= 4 is 5.91 Å². The molecule has 0 bridgehead atoms. The molecule has 132 valence electrons. The van der Waals surface area contributed by atoms with Crippen molar-refractivity contribution in [2.24, 2.45) is 0 Å². The van der Waals surface area contributed by atoms with Gasteiger partial charge in [0.15, 0.2) is 11.5 Å². The number of methoxy groups -OCH3 is 1. The monoisotopic (exact) mass is 334 g/mol. The molecule has 0 aliphatic carbocycles. The Labute approximate surface area is 143 Å². The highest BCUT2D eigenvalue weighted by molar-refractivity contribution is 5.82. The Morgan fingerprint density at radius 1 is 1.25 bits per heavy atom. The number of carbonyl (C=O) groups excluding carboxylic acids is 1. The topological polar surface area (TPSA) is 51.2 Å². The number of hydrogen-bond acceptors (Lipinski definition) is 5. The van der Waals surface area contributed by atoms with Crippen LogP contribution < -0.4 is 9.47 Å². The number of ether oxygens (including phenoxy) is 3. The van der Waals surface area contributed by atoms with Crippen LogP contribution in [0, 0.1) is 0 Å². The van der Waals surface area contributed by atoms with E-state index in [0.717, 1.165) is 31.0 Å². The molecule has 1 amide bonds. The second-order valence-corrected chi connectivity index (χ2v) is 6.21. The summed E-state index contributed by atoms with van der Waals surface area (Å²) in [6, 6.07) is 7.57. The van der Waals surface area contributed by atoms with Crippen molar-refractivity contribution < 1.29 is 19.0 Å². The second kappa shape index (κ2) is 7.85. The molecule has 2 saturated heterocycles. The normalized spacial score (nSPS) is 20.3. The van der Waals surface area contributed by atoms with Gasteiger partial charge in [-0.1, -0.05) is 19.1 Å². The number of likely N-dealkylation sites (tertiary alicyclic amines) is 1. The molecule has 24 heavy (non-hydrogen) atoms. The number of nitrogens with zero attached hydrogens (tertiary/aromatic N) is 2. The summed E-state index contributed by atoms with van der Waals surface area (Å²) >= 11 is 0. The average Bonchev–Trinajstić information content (AvgIpc) is 2.59. The van der Waals surface area contributed by atoms with Crippen molar-refractivity contribution in [3.8, 4) is 11.5 Å². The van der Waals surface area contributed by atoms with E-state index >= 15 is 0 Å². The van der Waals surface area contributed by atoms with Crippen LogP contribution in [0.25, 0.3) is 0 Å². The third-order valence-corrected chi connectivity index (χ3v) is 4.68. The van der Waals surface area contributed by atoms with Crippen molar-refractivity contribution in [2.45, 2.75) is 25.5 Å². The first-order valence-corrected chi connectivity index (χ1v) is 8.63. The molecule has 0 aromatic heterocycles. The Hall–Kier alpha value is -1.79. The Morgan fingerprint density at radius 3 is 2.54 bits per heavy atom. The fourth-order valence-corrected chi connectivity index (χ4v) is 3.28. The highest BCUT2D eigenvalue weighted by atomic mass is 16.5. The van der Waals surface area contributed by atoms with E-state index in [1.165, 1.54) is 0 Å². The smallest absolute Gasteiger partial charge is 0.240 e. The van der Waals surface area contributed by atoms with Crippen LogP contribution in [0.2, 0.25) is 0 Å². The molecule has 1 unspecified atom stereocenters. The number of para-hydroxylation sites is 2. The molecule has 0 saturated carbocycles. The maximum Gasteiger partial charge on any atom is 0.240 e. The molecular weight excluding hydrogens is 308 g/mol. The molecule has 6 nitrogen and oxygen atoms in total. The van der Waals surface area contributed by atoms with Crippen LogP contribution in [0.4, 0.5) is 0 Å². The summed E-state index contributed by atoms with van der Waals surface area (Å²) in [6.45, 7) is 6.43. The summed E-state index contributed by atoms with van der Waals surface area (Å²) in [5.41, 5.74) is 0. The van der Waals surface area contributed by atoms with Gasteiger partial charge in [0, 0.05) is 13.1 Å². The molecule has 2 aliphatic rings. The van der Waals surface area contributed by atoms with Gasteiger partial charge in [-0.3, -0.25) is 9.69 Å². The summed E-state index contributed by atoms with van der Waals surface area (Å²) < 4.78 is 16.6. The Kier molecular flexibility index (Phi) is 5.58. The van der Waals surface area contributed by atoms with Crippen molar-refractivity contribution in [2.75, 3.05) is 46.5 Å². The van der Waals surface area contributed by atoms with Crippen LogP contribution >= 0.6 is 0 Å². The van der Waals surface area contributed by atoms with Crippen molar-refractivity contribution in [1.29, 1.82) is 0 Å². The number of benzene rings is 1. The summed E-state index contributed by atoms with van der Waals surface area (Å²) in [5, 5.41) is 0.